The Bertz CT molecular complexity index is 471. The number of nitrogens with zero attached hydrogens (tertiary/aromatic N) is 1. The monoisotopic (exact) mass is 311 g/mol. The largest absolute Gasteiger partial charge is 0.398 e. The van der Waals surface area contributed by atoms with Crippen LogP contribution in [0.3, 0.4) is 0 Å². The van der Waals surface area contributed by atoms with E-state index in [0.717, 1.165) is 35.4 Å². The number of anilines is 1. The highest BCUT2D eigenvalue weighted by molar-refractivity contribution is 9.10. The van der Waals surface area contributed by atoms with Gasteiger partial charge in [0.15, 0.2) is 0 Å². The van der Waals surface area contributed by atoms with Crippen molar-refractivity contribution >= 4 is 33.0 Å². The summed E-state index contributed by atoms with van der Waals surface area (Å²) in [5.41, 5.74) is 10.8. The first-order chi connectivity index (χ1) is 8.25. The van der Waals surface area contributed by atoms with Crippen LogP contribution in [-0.4, -0.2) is 11.5 Å². The van der Waals surface area contributed by atoms with Gasteiger partial charge in [-0.05, 0) is 33.6 Å². The summed E-state index contributed by atoms with van der Waals surface area (Å²) < 4.78 is 0.948. The van der Waals surface area contributed by atoms with E-state index in [4.69, 9.17) is 5.73 Å². The summed E-state index contributed by atoms with van der Waals surface area (Å²) in [5, 5.41) is 5.46. The second-order valence-electron chi connectivity index (χ2n) is 3.76. The van der Waals surface area contributed by atoms with E-state index in [2.05, 4.69) is 37.7 Å². The Kier molecular flexibility index (Phi) is 4.53. The molecule has 0 aliphatic rings. The molecule has 0 saturated heterocycles. The quantitative estimate of drug-likeness (QED) is 0.659. The fourth-order valence-electron chi connectivity index (χ4n) is 1.51. The number of hydrogen-bond acceptors (Lipinski definition) is 4. The van der Waals surface area contributed by atoms with E-state index in [0.29, 0.717) is 0 Å². The molecular formula is C12H14BrN3S. The van der Waals surface area contributed by atoms with Gasteiger partial charge in [0.25, 0.3) is 0 Å². The van der Waals surface area contributed by atoms with Crippen LogP contribution in [0.1, 0.15) is 11.3 Å². The molecule has 0 radical (unpaired) electrons. The minimum Gasteiger partial charge on any atom is -0.398 e. The molecule has 0 amide bonds. The number of hydrogen-bond donors (Lipinski definition) is 2. The third-order valence-corrected chi connectivity index (χ3v) is 3.79. The number of nitrogens with two attached hydrogens (primary N) is 1. The first kappa shape index (κ1) is 12.5. The summed E-state index contributed by atoms with van der Waals surface area (Å²) >= 11 is 5.02. The van der Waals surface area contributed by atoms with Gasteiger partial charge in [-0.2, -0.15) is 0 Å². The lowest BCUT2D eigenvalue weighted by Gasteiger charge is -2.05. The number of halogens is 1. The number of aromatic nitrogens is 1. The summed E-state index contributed by atoms with van der Waals surface area (Å²) in [4.78, 5) is 4.24. The highest BCUT2D eigenvalue weighted by atomic mass is 79.9. The van der Waals surface area contributed by atoms with Crippen molar-refractivity contribution in [2.75, 3.05) is 12.3 Å². The van der Waals surface area contributed by atoms with Crippen molar-refractivity contribution in [1.82, 2.24) is 10.3 Å². The molecule has 0 fully saturated rings. The van der Waals surface area contributed by atoms with Gasteiger partial charge in [-0.3, -0.25) is 0 Å². The van der Waals surface area contributed by atoms with Crippen LogP contribution in [0, 0.1) is 0 Å². The van der Waals surface area contributed by atoms with Crippen LogP contribution in [0.4, 0.5) is 5.69 Å². The molecule has 0 unspecified atom stereocenters. The second kappa shape index (κ2) is 6.14. The number of thiazole rings is 1. The third kappa shape index (κ3) is 3.80. The van der Waals surface area contributed by atoms with Gasteiger partial charge in [-0.15, -0.1) is 11.3 Å². The smallest absolute Gasteiger partial charge is 0.0794 e. The van der Waals surface area contributed by atoms with E-state index in [1.165, 1.54) is 5.56 Å². The Hall–Kier alpha value is -0.910. The maximum atomic E-state index is 5.82. The Morgan fingerprint density at radius 1 is 1.41 bits per heavy atom. The van der Waals surface area contributed by atoms with E-state index in [1.54, 1.807) is 11.3 Å². The third-order valence-electron chi connectivity index (χ3n) is 2.43. The zero-order chi connectivity index (χ0) is 12.1. The predicted molar refractivity (Wildman–Crippen MR) is 76.1 cm³/mol. The van der Waals surface area contributed by atoms with Crippen molar-refractivity contribution in [3.05, 3.63) is 44.8 Å². The average Bonchev–Trinajstić information content (AvgIpc) is 2.82. The molecule has 2 rings (SSSR count). The van der Waals surface area contributed by atoms with Gasteiger partial charge in [0, 0.05) is 35.1 Å². The van der Waals surface area contributed by atoms with E-state index >= 15 is 0 Å². The van der Waals surface area contributed by atoms with E-state index in [9.17, 15) is 0 Å². The zero-order valence-corrected chi connectivity index (χ0v) is 11.7. The van der Waals surface area contributed by atoms with Crippen molar-refractivity contribution in [2.45, 2.75) is 13.0 Å². The minimum absolute atomic E-state index is 0.781. The van der Waals surface area contributed by atoms with E-state index < -0.39 is 0 Å². The van der Waals surface area contributed by atoms with Gasteiger partial charge >= 0.3 is 0 Å². The van der Waals surface area contributed by atoms with Crippen LogP contribution >= 0.6 is 27.3 Å². The van der Waals surface area contributed by atoms with Crippen molar-refractivity contribution in [2.24, 2.45) is 0 Å². The maximum absolute atomic E-state index is 5.82. The van der Waals surface area contributed by atoms with Gasteiger partial charge in [0.1, 0.15) is 0 Å². The molecule has 1 heterocycles. The van der Waals surface area contributed by atoms with Crippen LogP contribution in [0.15, 0.2) is 33.6 Å². The molecule has 90 valence electrons. The van der Waals surface area contributed by atoms with Crippen molar-refractivity contribution in [3.8, 4) is 0 Å². The highest BCUT2D eigenvalue weighted by Crippen LogP contribution is 2.19. The molecule has 3 N–H and O–H groups in total. The second-order valence-corrected chi connectivity index (χ2v) is 5.34. The Morgan fingerprint density at radius 3 is 3.00 bits per heavy atom. The minimum atomic E-state index is 0.781. The highest BCUT2D eigenvalue weighted by Gasteiger charge is 1.98. The van der Waals surface area contributed by atoms with Gasteiger partial charge in [0.05, 0.1) is 11.2 Å². The van der Waals surface area contributed by atoms with Crippen LogP contribution in [-0.2, 0) is 13.0 Å². The molecule has 1 aromatic carbocycles. The van der Waals surface area contributed by atoms with E-state index in [-0.39, 0.29) is 0 Å². The number of rotatable bonds is 5. The first-order valence-electron chi connectivity index (χ1n) is 5.37. The Balaban J connectivity index is 1.76. The molecule has 0 saturated carbocycles. The predicted octanol–water partition coefficient (Wildman–Crippen LogP) is 2.82. The average molecular weight is 312 g/mol. The molecule has 1 aromatic heterocycles. The normalized spacial score (nSPS) is 10.6. The summed E-state index contributed by atoms with van der Waals surface area (Å²) in [5.74, 6) is 0. The SMILES string of the molecule is Nc1cc(CNCCc2cscn2)ccc1Br. The summed E-state index contributed by atoms with van der Waals surface area (Å²) in [6.07, 6.45) is 0.968. The Morgan fingerprint density at radius 2 is 2.29 bits per heavy atom. The lowest BCUT2D eigenvalue weighted by atomic mass is 10.2. The number of nitrogens with one attached hydrogen (secondary N) is 1. The fraction of sp³-hybridized carbons (Fsp3) is 0.250. The molecule has 2 aromatic rings. The number of nitrogen functional groups attached to an aromatic ring is 1. The zero-order valence-electron chi connectivity index (χ0n) is 9.32. The van der Waals surface area contributed by atoms with E-state index in [1.807, 2.05) is 17.6 Å². The van der Waals surface area contributed by atoms with Gasteiger partial charge in [-0.1, -0.05) is 6.07 Å². The topological polar surface area (TPSA) is 50.9 Å². The molecule has 0 aliphatic heterocycles. The van der Waals surface area contributed by atoms with Crippen LogP contribution in [0.5, 0.6) is 0 Å². The molecule has 3 nitrogen and oxygen atoms in total. The summed E-state index contributed by atoms with van der Waals surface area (Å²) in [6, 6.07) is 6.03. The summed E-state index contributed by atoms with van der Waals surface area (Å²) in [7, 11) is 0. The molecule has 17 heavy (non-hydrogen) atoms. The molecular weight excluding hydrogens is 298 g/mol. The number of benzene rings is 1. The fourth-order valence-corrected chi connectivity index (χ4v) is 2.35. The Labute approximate surface area is 113 Å². The first-order valence-corrected chi connectivity index (χ1v) is 7.11. The van der Waals surface area contributed by atoms with Gasteiger partial charge in [-0.25, -0.2) is 4.98 Å². The van der Waals surface area contributed by atoms with Crippen molar-refractivity contribution in [1.29, 1.82) is 0 Å². The summed E-state index contributed by atoms with van der Waals surface area (Å²) in [6.45, 7) is 1.77. The van der Waals surface area contributed by atoms with Gasteiger partial charge in [0.2, 0.25) is 0 Å². The van der Waals surface area contributed by atoms with Crippen LogP contribution < -0.4 is 11.1 Å². The maximum Gasteiger partial charge on any atom is 0.0794 e. The van der Waals surface area contributed by atoms with Crippen molar-refractivity contribution in [3.63, 3.8) is 0 Å². The van der Waals surface area contributed by atoms with Crippen LogP contribution in [0.25, 0.3) is 0 Å². The standard InChI is InChI=1S/C12H14BrN3S/c13-11-2-1-9(5-12(11)14)6-15-4-3-10-7-17-8-16-10/h1-2,5,7-8,15H,3-4,6,14H2. The molecule has 0 aliphatic carbocycles. The van der Waals surface area contributed by atoms with Crippen LogP contribution in [0.2, 0.25) is 0 Å². The lowest BCUT2D eigenvalue weighted by molar-refractivity contribution is 0.681. The molecule has 0 spiro atoms. The van der Waals surface area contributed by atoms with Gasteiger partial charge < -0.3 is 11.1 Å². The molecule has 5 heteroatoms. The van der Waals surface area contributed by atoms with Crippen molar-refractivity contribution < 1.29 is 0 Å². The molecule has 0 atom stereocenters. The lowest BCUT2D eigenvalue weighted by Crippen LogP contribution is -2.16. The molecule has 0 bridgehead atoms.